The third kappa shape index (κ3) is 9.79. The van der Waals surface area contributed by atoms with Crippen LogP contribution in [-0.4, -0.2) is 94.9 Å². The summed E-state index contributed by atoms with van der Waals surface area (Å²) < 4.78 is 66.5. The number of hydrogen-bond acceptors (Lipinski definition) is 8. The van der Waals surface area contributed by atoms with Gasteiger partial charge in [-0.15, -0.1) is 0 Å². The molecule has 1 aliphatic rings. The van der Waals surface area contributed by atoms with Gasteiger partial charge in [0, 0.05) is 43.4 Å². The molecule has 240 valence electrons. The maximum Gasteiger partial charge on any atom is 0.261 e. The van der Waals surface area contributed by atoms with Gasteiger partial charge in [0.25, 0.3) is 15.9 Å². The first-order valence-corrected chi connectivity index (χ1v) is 17.9. The quantitative estimate of drug-likeness (QED) is 0.436. The lowest BCUT2D eigenvalue weighted by Crippen LogP contribution is -2.47. The molecule has 0 bridgehead atoms. The van der Waals surface area contributed by atoms with Crippen molar-refractivity contribution in [1.29, 1.82) is 0 Å². The second kappa shape index (κ2) is 15.0. The molecule has 2 aromatic rings. The number of amides is 1. The number of nitrogens with one attached hydrogen (secondary N) is 1. The minimum Gasteiger partial charge on any atom is -0.490 e. The normalized spacial score (nSPS) is 21.9. The average Bonchev–Trinajstić information content (AvgIpc) is 2.94. The van der Waals surface area contributed by atoms with Crippen LogP contribution in [0.1, 0.15) is 50.4 Å². The number of likely N-dealkylation sites (N-methyl/N-ethyl adjacent to an activating group) is 1. The number of fused-ring (bicyclic) bond motifs is 1. The molecule has 0 spiro atoms. The van der Waals surface area contributed by atoms with Crippen LogP contribution in [0.4, 0.5) is 5.69 Å². The standard InChI is InChI=1S/C29H42ClN3O8S2/c1-20-17-33(21(2)19-34)29(35)26-16-24(31-43(38,39)25-12-9-23(30)10-13-25)11-14-27(26)41-22(3)8-6-7-15-40-28(20)18-32(4)42(5,36)37/h9-14,16,20-22,28,31,34H,6-8,15,17-19H2,1-5H3/t20-,21+,22-,28-/m1/s1. The van der Waals surface area contributed by atoms with Crippen LogP contribution in [0, 0.1) is 5.92 Å². The Morgan fingerprint density at radius 3 is 2.42 bits per heavy atom. The van der Waals surface area contributed by atoms with Gasteiger partial charge in [0.2, 0.25) is 10.0 Å². The maximum atomic E-state index is 14.2. The molecule has 2 N–H and O–H groups in total. The van der Waals surface area contributed by atoms with Crippen molar-refractivity contribution in [2.75, 3.05) is 44.3 Å². The van der Waals surface area contributed by atoms with Crippen LogP contribution >= 0.6 is 11.6 Å². The third-order valence-corrected chi connectivity index (χ3v) is 10.4. The summed E-state index contributed by atoms with van der Waals surface area (Å²) in [6.07, 6.45) is 2.52. The summed E-state index contributed by atoms with van der Waals surface area (Å²) in [5.74, 6) is -0.508. The van der Waals surface area contributed by atoms with Gasteiger partial charge in [0.1, 0.15) is 5.75 Å². The molecule has 43 heavy (non-hydrogen) atoms. The maximum absolute atomic E-state index is 14.2. The molecule has 0 saturated heterocycles. The number of rotatable bonds is 8. The van der Waals surface area contributed by atoms with E-state index in [1.165, 1.54) is 52.7 Å². The molecule has 0 unspecified atom stereocenters. The average molecular weight is 660 g/mol. The summed E-state index contributed by atoms with van der Waals surface area (Å²) in [7, 11) is -5.98. The van der Waals surface area contributed by atoms with Crippen molar-refractivity contribution in [2.45, 2.75) is 63.2 Å². The second-order valence-electron chi connectivity index (χ2n) is 11.1. The van der Waals surface area contributed by atoms with E-state index in [4.69, 9.17) is 21.1 Å². The second-order valence-corrected chi connectivity index (χ2v) is 15.3. The van der Waals surface area contributed by atoms with Crippen LogP contribution in [-0.2, 0) is 24.8 Å². The SMILES string of the molecule is C[C@@H]1CCCCO[C@H](CN(C)S(C)(=O)=O)[C@H](C)CN([C@@H](C)CO)C(=O)c2cc(NS(=O)(=O)c3ccc(Cl)cc3)ccc2O1. The lowest BCUT2D eigenvalue weighted by atomic mass is 10.0. The van der Waals surface area contributed by atoms with Gasteiger partial charge in [0.15, 0.2) is 0 Å². The van der Waals surface area contributed by atoms with E-state index in [0.29, 0.717) is 18.1 Å². The molecule has 1 heterocycles. The van der Waals surface area contributed by atoms with E-state index in [1.807, 2.05) is 13.8 Å². The zero-order valence-corrected chi connectivity index (χ0v) is 27.6. The van der Waals surface area contributed by atoms with Crippen molar-refractivity contribution < 1.29 is 36.2 Å². The van der Waals surface area contributed by atoms with Gasteiger partial charge in [0.05, 0.1) is 41.6 Å². The number of carbonyl (C=O) groups excluding carboxylic acids is 1. The smallest absolute Gasteiger partial charge is 0.261 e. The Balaban J connectivity index is 2.02. The lowest BCUT2D eigenvalue weighted by Gasteiger charge is -2.35. The number of sulfonamides is 2. The van der Waals surface area contributed by atoms with E-state index in [-0.39, 0.29) is 53.6 Å². The summed E-state index contributed by atoms with van der Waals surface area (Å²) in [4.78, 5) is 15.7. The highest BCUT2D eigenvalue weighted by Gasteiger charge is 2.31. The van der Waals surface area contributed by atoms with Crippen LogP contribution in [0.3, 0.4) is 0 Å². The number of aliphatic hydroxyl groups is 1. The molecule has 0 aliphatic carbocycles. The van der Waals surface area contributed by atoms with Crippen LogP contribution in [0.5, 0.6) is 5.75 Å². The fraction of sp³-hybridized carbons (Fsp3) is 0.552. The van der Waals surface area contributed by atoms with Crippen molar-refractivity contribution in [2.24, 2.45) is 5.92 Å². The molecule has 0 aromatic heterocycles. The summed E-state index contributed by atoms with van der Waals surface area (Å²) in [5.41, 5.74) is 0.276. The lowest BCUT2D eigenvalue weighted by molar-refractivity contribution is -0.00828. The van der Waals surface area contributed by atoms with Crippen molar-refractivity contribution in [3.63, 3.8) is 0 Å². The minimum atomic E-state index is -3.99. The van der Waals surface area contributed by atoms with E-state index in [1.54, 1.807) is 13.0 Å². The van der Waals surface area contributed by atoms with E-state index < -0.39 is 38.1 Å². The van der Waals surface area contributed by atoms with Gasteiger partial charge < -0.3 is 19.5 Å². The number of hydrogen-bond donors (Lipinski definition) is 2. The first-order chi connectivity index (χ1) is 20.1. The molecule has 0 radical (unpaired) electrons. The van der Waals surface area contributed by atoms with Crippen molar-refractivity contribution in [3.8, 4) is 5.75 Å². The van der Waals surface area contributed by atoms with Crippen LogP contribution < -0.4 is 9.46 Å². The first-order valence-electron chi connectivity index (χ1n) is 14.2. The highest BCUT2D eigenvalue weighted by atomic mass is 35.5. The summed E-state index contributed by atoms with van der Waals surface area (Å²) in [6.45, 7) is 5.77. The fourth-order valence-electron chi connectivity index (χ4n) is 4.67. The predicted octanol–water partition coefficient (Wildman–Crippen LogP) is 3.83. The van der Waals surface area contributed by atoms with Crippen molar-refractivity contribution >= 4 is 43.2 Å². The Bertz CT molecular complexity index is 1450. The summed E-state index contributed by atoms with van der Waals surface area (Å²) >= 11 is 5.91. The fourth-order valence-corrected chi connectivity index (χ4v) is 6.26. The Morgan fingerprint density at radius 1 is 1.12 bits per heavy atom. The number of nitrogens with zero attached hydrogens (tertiary/aromatic N) is 2. The van der Waals surface area contributed by atoms with Crippen LogP contribution in [0.15, 0.2) is 47.4 Å². The molecule has 11 nitrogen and oxygen atoms in total. The summed E-state index contributed by atoms with van der Waals surface area (Å²) in [5, 5.41) is 10.5. The third-order valence-electron chi connectivity index (χ3n) is 7.43. The minimum absolute atomic E-state index is 0.00244. The van der Waals surface area contributed by atoms with Crippen molar-refractivity contribution in [1.82, 2.24) is 9.21 Å². The Labute approximate surface area is 260 Å². The van der Waals surface area contributed by atoms with Crippen LogP contribution in [0.2, 0.25) is 5.02 Å². The van der Waals surface area contributed by atoms with Gasteiger partial charge >= 0.3 is 0 Å². The molecule has 0 saturated carbocycles. The van der Waals surface area contributed by atoms with Gasteiger partial charge in [-0.05, 0) is 75.6 Å². The topological polar surface area (TPSA) is 143 Å². The van der Waals surface area contributed by atoms with E-state index >= 15 is 0 Å². The molecule has 3 rings (SSSR count). The summed E-state index contributed by atoms with van der Waals surface area (Å²) in [6, 6.07) is 9.61. The Morgan fingerprint density at radius 2 is 1.79 bits per heavy atom. The largest absolute Gasteiger partial charge is 0.490 e. The number of anilines is 1. The number of benzene rings is 2. The molecular formula is C29H42ClN3O8S2. The highest BCUT2D eigenvalue weighted by Crippen LogP contribution is 2.29. The zero-order chi connectivity index (χ0) is 31.9. The van der Waals surface area contributed by atoms with E-state index in [9.17, 15) is 26.7 Å². The number of ether oxygens (including phenoxy) is 2. The van der Waals surface area contributed by atoms with Gasteiger partial charge in [-0.25, -0.2) is 21.1 Å². The highest BCUT2D eigenvalue weighted by molar-refractivity contribution is 7.92. The zero-order valence-electron chi connectivity index (χ0n) is 25.2. The monoisotopic (exact) mass is 659 g/mol. The number of aliphatic hydroxyl groups excluding tert-OH is 1. The van der Waals surface area contributed by atoms with E-state index in [0.717, 1.165) is 19.1 Å². The molecule has 2 aromatic carbocycles. The Hall–Kier alpha value is -2.42. The van der Waals surface area contributed by atoms with Gasteiger partial charge in [-0.3, -0.25) is 9.52 Å². The van der Waals surface area contributed by atoms with Gasteiger partial charge in [-0.2, -0.15) is 0 Å². The molecule has 1 amide bonds. The predicted molar refractivity (Wildman–Crippen MR) is 167 cm³/mol. The molecule has 4 atom stereocenters. The number of halogens is 1. The van der Waals surface area contributed by atoms with Crippen LogP contribution in [0.25, 0.3) is 0 Å². The van der Waals surface area contributed by atoms with E-state index in [2.05, 4.69) is 4.72 Å². The van der Waals surface area contributed by atoms with Crippen molar-refractivity contribution in [3.05, 3.63) is 53.1 Å². The first kappa shape index (κ1) is 35.1. The number of carbonyl (C=O) groups is 1. The molecular weight excluding hydrogens is 618 g/mol. The molecule has 0 fully saturated rings. The molecule has 14 heteroatoms. The Kier molecular flexibility index (Phi) is 12.3. The van der Waals surface area contributed by atoms with Gasteiger partial charge in [-0.1, -0.05) is 18.5 Å². The molecule has 1 aliphatic heterocycles.